The second-order valence-electron chi connectivity index (χ2n) is 3.96. The monoisotopic (exact) mass is 267 g/mol. The van der Waals surface area contributed by atoms with Crippen molar-refractivity contribution in [1.29, 1.82) is 0 Å². The Morgan fingerprint density at radius 3 is 2.56 bits per heavy atom. The fraction of sp³-hybridized carbons (Fsp3) is 0.143. The van der Waals surface area contributed by atoms with Crippen molar-refractivity contribution in [3.63, 3.8) is 0 Å². The van der Waals surface area contributed by atoms with E-state index >= 15 is 0 Å². The Morgan fingerprint density at radius 1 is 1.11 bits per heavy atom. The minimum absolute atomic E-state index is 0.331. The Labute approximate surface area is 109 Å². The van der Waals surface area contributed by atoms with E-state index in [0.29, 0.717) is 28.3 Å². The van der Waals surface area contributed by atoms with Crippen LogP contribution in [0.25, 0.3) is 11.1 Å². The third kappa shape index (κ3) is 2.68. The minimum atomic E-state index is -0.394. The first-order valence-electron chi connectivity index (χ1n) is 5.50. The minimum Gasteiger partial charge on any atom is -0.316 e. The topological polar surface area (TPSA) is 12.0 Å². The number of hydrogen-bond donors (Lipinski definition) is 1. The molecule has 1 nitrogen and oxygen atoms in total. The highest BCUT2D eigenvalue weighted by Crippen LogP contribution is 2.29. The third-order valence-electron chi connectivity index (χ3n) is 2.66. The van der Waals surface area contributed by atoms with Gasteiger partial charge >= 0.3 is 0 Å². The van der Waals surface area contributed by atoms with Gasteiger partial charge in [-0.05, 0) is 36.9 Å². The molecule has 18 heavy (non-hydrogen) atoms. The molecule has 0 aromatic heterocycles. The van der Waals surface area contributed by atoms with Crippen molar-refractivity contribution in [3.05, 3.63) is 58.6 Å². The van der Waals surface area contributed by atoms with Crippen molar-refractivity contribution < 1.29 is 8.78 Å². The fourth-order valence-electron chi connectivity index (χ4n) is 1.77. The zero-order valence-corrected chi connectivity index (χ0v) is 10.6. The van der Waals surface area contributed by atoms with E-state index < -0.39 is 5.82 Å². The summed E-state index contributed by atoms with van der Waals surface area (Å²) in [6.07, 6.45) is 0. The van der Waals surface area contributed by atoms with E-state index in [1.165, 1.54) is 24.3 Å². The molecule has 2 aromatic carbocycles. The lowest BCUT2D eigenvalue weighted by Crippen LogP contribution is -2.06. The molecule has 0 aliphatic carbocycles. The van der Waals surface area contributed by atoms with Crippen molar-refractivity contribution in [3.8, 4) is 11.1 Å². The lowest BCUT2D eigenvalue weighted by molar-refractivity contribution is 0.601. The lowest BCUT2D eigenvalue weighted by Gasteiger charge is -2.08. The Hall–Kier alpha value is -1.45. The number of rotatable bonds is 3. The van der Waals surface area contributed by atoms with Crippen LogP contribution in [0, 0.1) is 11.6 Å². The van der Waals surface area contributed by atoms with Gasteiger partial charge in [0.05, 0.1) is 0 Å². The number of nitrogens with one attached hydrogen (secondary N) is 1. The first kappa shape index (κ1) is 13.0. The number of benzene rings is 2. The van der Waals surface area contributed by atoms with E-state index in [0.717, 1.165) is 0 Å². The maximum absolute atomic E-state index is 13.8. The summed E-state index contributed by atoms with van der Waals surface area (Å²) in [5.74, 6) is -0.726. The highest BCUT2D eigenvalue weighted by molar-refractivity contribution is 6.33. The molecule has 0 aliphatic rings. The predicted molar refractivity (Wildman–Crippen MR) is 69.6 cm³/mol. The van der Waals surface area contributed by atoms with E-state index in [1.807, 2.05) is 0 Å². The Balaban J connectivity index is 2.45. The molecule has 0 aliphatic heterocycles. The van der Waals surface area contributed by atoms with Crippen molar-refractivity contribution in [2.75, 3.05) is 7.05 Å². The molecule has 0 radical (unpaired) electrons. The Morgan fingerprint density at radius 2 is 1.89 bits per heavy atom. The molecule has 0 unspecified atom stereocenters. The van der Waals surface area contributed by atoms with Crippen molar-refractivity contribution in [1.82, 2.24) is 5.32 Å². The Kier molecular flexibility index (Phi) is 3.94. The standard InChI is InChI=1S/C14H12ClF2N/c1-18-8-10-3-2-9(6-14(10)17)12-7-11(16)4-5-13(12)15/h2-7,18H,8H2,1H3. The van der Waals surface area contributed by atoms with Gasteiger partial charge in [-0.15, -0.1) is 0 Å². The van der Waals surface area contributed by atoms with Crippen LogP contribution in [0.5, 0.6) is 0 Å². The summed E-state index contributed by atoms with van der Waals surface area (Å²) in [5, 5.41) is 3.28. The highest BCUT2D eigenvalue weighted by atomic mass is 35.5. The normalized spacial score (nSPS) is 10.7. The molecule has 0 atom stereocenters. The van der Waals surface area contributed by atoms with Gasteiger partial charge in [0.2, 0.25) is 0 Å². The fourth-order valence-corrected chi connectivity index (χ4v) is 1.99. The number of halogens is 3. The molecule has 2 rings (SSSR count). The van der Waals surface area contributed by atoms with Gasteiger partial charge in [0, 0.05) is 22.7 Å². The summed E-state index contributed by atoms with van der Waals surface area (Å²) in [4.78, 5) is 0. The van der Waals surface area contributed by atoms with Crippen LogP contribution in [0.2, 0.25) is 5.02 Å². The predicted octanol–water partition coefficient (Wildman–Crippen LogP) is 4.00. The molecule has 0 saturated heterocycles. The lowest BCUT2D eigenvalue weighted by atomic mass is 10.0. The number of hydrogen-bond acceptors (Lipinski definition) is 1. The maximum atomic E-state index is 13.8. The molecule has 1 N–H and O–H groups in total. The molecular weight excluding hydrogens is 256 g/mol. The van der Waals surface area contributed by atoms with Gasteiger partial charge in [-0.2, -0.15) is 0 Å². The van der Waals surface area contributed by atoms with Gasteiger partial charge in [0.1, 0.15) is 11.6 Å². The molecular formula is C14H12ClF2N. The quantitative estimate of drug-likeness (QED) is 0.886. The van der Waals surface area contributed by atoms with Crippen LogP contribution in [0.3, 0.4) is 0 Å². The zero-order valence-electron chi connectivity index (χ0n) is 9.81. The van der Waals surface area contributed by atoms with Gasteiger partial charge < -0.3 is 5.32 Å². The van der Waals surface area contributed by atoms with E-state index in [-0.39, 0.29) is 5.82 Å². The molecule has 4 heteroatoms. The SMILES string of the molecule is CNCc1ccc(-c2cc(F)ccc2Cl)cc1F. The van der Waals surface area contributed by atoms with Crippen LogP contribution in [0.4, 0.5) is 8.78 Å². The van der Waals surface area contributed by atoms with Gasteiger partial charge in [-0.3, -0.25) is 0 Å². The first-order chi connectivity index (χ1) is 8.61. The van der Waals surface area contributed by atoms with Crippen LogP contribution in [0.1, 0.15) is 5.56 Å². The summed E-state index contributed by atoms with van der Waals surface area (Å²) in [6.45, 7) is 0.447. The molecule has 0 fully saturated rings. The smallest absolute Gasteiger partial charge is 0.128 e. The highest BCUT2D eigenvalue weighted by Gasteiger charge is 2.08. The van der Waals surface area contributed by atoms with Crippen LogP contribution < -0.4 is 5.32 Å². The van der Waals surface area contributed by atoms with Gasteiger partial charge in [0.15, 0.2) is 0 Å². The van der Waals surface area contributed by atoms with Crippen LogP contribution in [-0.2, 0) is 6.54 Å². The van der Waals surface area contributed by atoms with Gasteiger partial charge in [0.25, 0.3) is 0 Å². The van der Waals surface area contributed by atoms with Crippen molar-refractivity contribution in [2.45, 2.75) is 6.54 Å². The van der Waals surface area contributed by atoms with E-state index in [9.17, 15) is 8.78 Å². The van der Waals surface area contributed by atoms with Gasteiger partial charge in [-0.1, -0.05) is 23.7 Å². The second-order valence-corrected chi connectivity index (χ2v) is 4.37. The first-order valence-corrected chi connectivity index (χ1v) is 5.88. The summed E-state index contributed by atoms with van der Waals surface area (Å²) in [5.41, 5.74) is 1.62. The van der Waals surface area contributed by atoms with Crippen LogP contribution >= 0.6 is 11.6 Å². The molecule has 94 valence electrons. The van der Waals surface area contributed by atoms with Crippen molar-refractivity contribution in [2.24, 2.45) is 0 Å². The molecule has 0 amide bonds. The second kappa shape index (κ2) is 5.46. The van der Waals surface area contributed by atoms with E-state index in [1.54, 1.807) is 19.2 Å². The van der Waals surface area contributed by atoms with Crippen molar-refractivity contribution >= 4 is 11.6 Å². The summed E-state index contributed by atoms with van der Waals surface area (Å²) < 4.78 is 26.9. The maximum Gasteiger partial charge on any atom is 0.128 e. The zero-order chi connectivity index (χ0) is 13.1. The van der Waals surface area contributed by atoms with E-state index in [2.05, 4.69) is 5.32 Å². The summed E-state index contributed by atoms with van der Waals surface area (Å²) in [6, 6.07) is 8.81. The third-order valence-corrected chi connectivity index (χ3v) is 2.99. The Bertz CT molecular complexity index is 570. The van der Waals surface area contributed by atoms with Crippen LogP contribution in [0.15, 0.2) is 36.4 Å². The summed E-state index contributed by atoms with van der Waals surface area (Å²) in [7, 11) is 1.75. The average Bonchev–Trinajstić information content (AvgIpc) is 2.35. The van der Waals surface area contributed by atoms with Crippen LogP contribution in [-0.4, -0.2) is 7.05 Å². The average molecular weight is 268 g/mol. The largest absolute Gasteiger partial charge is 0.316 e. The molecule has 2 aromatic rings. The molecule has 0 spiro atoms. The summed E-state index contributed by atoms with van der Waals surface area (Å²) >= 11 is 5.98. The molecule has 0 bridgehead atoms. The molecule has 0 saturated carbocycles. The van der Waals surface area contributed by atoms with E-state index in [4.69, 9.17) is 11.6 Å². The van der Waals surface area contributed by atoms with Gasteiger partial charge in [-0.25, -0.2) is 8.78 Å². The molecule has 0 heterocycles.